The van der Waals surface area contributed by atoms with E-state index in [0.29, 0.717) is 0 Å². The van der Waals surface area contributed by atoms with Crippen LogP contribution in [-0.2, 0) is 14.3 Å². The van der Waals surface area contributed by atoms with E-state index in [1.54, 1.807) is 0 Å². The molecule has 2 atom stereocenters. The first-order chi connectivity index (χ1) is 16.4. The Balaban J connectivity index is 1.22. The predicted octanol–water partition coefficient (Wildman–Crippen LogP) is 4.06. The van der Waals surface area contributed by atoms with Crippen LogP contribution in [0.1, 0.15) is 56.1 Å². The molecule has 2 fully saturated rings. The minimum Gasteiger partial charge on any atom is -0.480 e. The number of ether oxygens (including phenoxy) is 1. The van der Waals surface area contributed by atoms with Gasteiger partial charge in [0.1, 0.15) is 12.6 Å². The zero-order chi connectivity index (χ0) is 23.9. The Morgan fingerprint density at radius 1 is 1.00 bits per heavy atom. The van der Waals surface area contributed by atoms with Crippen molar-refractivity contribution in [2.24, 2.45) is 11.8 Å². The number of benzene rings is 2. The van der Waals surface area contributed by atoms with Gasteiger partial charge in [0.05, 0.1) is 5.54 Å². The molecule has 5 rings (SSSR count). The number of carbonyl (C=O) groups excluding carboxylic acids is 2. The van der Waals surface area contributed by atoms with Crippen LogP contribution in [0.15, 0.2) is 48.5 Å². The summed E-state index contributed by atoms with van der Waals surface area (Å²) in [5.41, 5.74) is 3.82. The van der Waals surface area contributed by atoms with E-state index in [-0.39, 0.29) is 36.7 Å². The van der Waals surface area contributed by atoms with Crippen LogP contribution in [0.2, 0.25) is 0 Å². The standard InChI is InChI=1S/C27H30N2O5/c1-27(17-12-13-17,14-23(30)28-24(25(31)32)16-10-11-16)29-26(33)34-15-22-20-8-4-2-6-18(20)19-7-3-5-9-21(19)22/h2-9,16-17,22,24H,10-15H2,1H3,(H,28,30)(H,29,33)(H,31,32). The van der Waals surface area contributed by atoms with E-state index in [2.05, 4.69) is 34.9 Å². The maximum atomic E-state index is 12.8. The second-order valence-electron chi connectivity index (χ2n) is 10.0. The van der Waals surface area contributed by atoms with Crippen molar-refractivity contribution in [3.63, 3.8) is 0 Å². The molecule has 7 heteroatoms. The molecule has 7 nitrogen and oxygen atoms in total. The molecular weight excluding hydrogens is 432 g/mol. The Hall–Kier alpha value is -3.35. The van der Waals surface area contributed by atoms with Gasteiger partial charge in [-0.3, -0.25) is 4.79 Å². The maximum absolute atomic E-state index is 12.8. The molecule has 0 saturated heterocycles. The van der Waals surface area contributed by atoms with Gasteiger partial charge in [-0.1, -0.05) is 48.5 Å². The summed E-state index contributed by atoms with van der Waals surface area (Å²) in [7, 11) is 0. The molecule has 2 unspecified atom stereocenters. The third-order valence-electron chi connectivity index (χ3n) is 7.41. The van der Waals surface area contributed by atoms with Crippen LogP contribution in [-0.4, -0.2) is 41.3 Å². The lowest BCUT2D eigenvalue weighted by atomic mass is 9.91. The molecule has 2 aromatic carbocycles. The van der Waals surface area contributed by atoms with Gasteiger partial charge in [-0.05, 0) is 66.7 Å². The van der Waals surface area contributed by atoms with Gasteiger partial charge in [-0.2, -0.15) is 0 Å². The minimum absolute atomic E-state index is 0.00345. The van der Waals surface area contributed by atoms with Crippen molar-refractivity contribution >= 4 is 18.0 Å². The van der Waals surface area contributed by atoms with Gasteiger partial charge in [0.15, 0.2) is 0 Å². The lowest BCUT2D eigenvalue weighted by molar-refractivity contribution is -0.142. The number of nitrogens with one attached hydrogen (secondary N) is 2. The number of hydrogen-bond donors (Lipinski definition) is 3. The summed E-state index contributed by atoms with van der Waals surface area (Å²) in [4.78, 5) is 37.0. The van der Waals surface area contributed by atoms with Gasteiger partial charge in [-0.25, -0.2) is 9.59 Å². The number of aliphatic carboxylic acids is 1. The second-order valence-corrected chi connectivity index (χ2v) is 10.0. The van der Waals surface area contributed by atoms with Gasteiger partial charge < -0.3 is 20.5 Å². The van der Waals surface area contributed by atoms with E-state index in [9.17, 15) is 19.5 Å². The first-order valence-corrected chi connectivity index (χ1v) is 12.0. The largest absolute Gasteiger partial charge is 0.480 e. The van der Waals surface area contributed by atoms with Crippen LogP contribution >= 0.6 is 0 Å². The van der Waals surface area contributed by atoms with Crippen molar-refractivity contribution in [1.82, 2.24) is 10.6 Å². The summed E-state index contributed by atoms with van der Waals surface area (Å²) in [5, 5.41) is 15.0. The fourth-order valence-electron chi connectivity index (χ4n) is 5.25. The molecule has 0 radical (unpaired) electrons. The lowest BCUT2D eigenvalue weighted by Crippen LogP contribution is -2.53. The minimum atomic E-state index is -1.01. The molecule has 3 N–H and O–H groups in total. The van der Waals surface area contributed by atoms with E-state index < -0.39 is 23.6 Å². The number of alkyl carbamates (subject to hydrolysis) is 1. The SMILES string of the molecule is CC(CC(=O)NC(C(=O)O)C1CC1)(NC(=O)OCC1c2ccccc2-c2ccccc21)C1CC1. The number of amides is 2. The van der Waals surface area contributed by atoms with Crippen LogP contribution in [0.25, 0.3) is 11.1 Å². The normalized spacial score (nSPS) is 19.3. The smallest absolute Gasteiger partial charge is 0.407 e. The van der Waals surface area contributed by atoms with Gasteiger partial charge in [0.2, 0.25) is 5.91 Å². The highest BCUT2D eigenvalue weighted by Gasteiger charge is 2.46. The topological polar surface area (TPSA) is 105 Å². The Kier molecular flexibility index (Phi) is 5.80. The molecule has 178 valence electrons. The summed E-state index contributed by atoms with van der Waals surface area (Å²) >= 11 is 0. The van der Waals surface area contributed by atoms with Crippen molar-refractivity contribution in [1.29, 1.82) is 0 Å². The van der Waals surface area contributed by atoms with Crippen LogP contribution in [0.5, 0.6) is 0 Å². The molecule has 2 aromatic rings. The molecule has 0 heterocycles. The van der Waals surface area contributed by atoms with E-state index in [4.69, 9.17) is 4.74 Å². The fourth-order valence-corrected chi connectivity index (χ4v) is 5.25. The maximum Gasteiger partial charge on any atom is 0.407 e. The fraction of sp³-hybridized carbons (Fsp3) is 0.444. The first kappa shape index (κ1) is 22.4. The average Bonchev–Trinajstić information content (AvgIpc) is 3.72. The molecule has 0 bridgehead atoms. The predicted molar refractivity (Wildman–Crippen MR) is 126 cm³/mol. The highest BCUT2D eigenvalue weighted by atomic mass is 16.5. The number of rotatable bonds is 9. The van der Waals surface area contributed by atoms with E-state index in [0.717, 1.165) is 47.9 Å². The first-order valence-electron chi connectivity index (χ1n) is 12.0. The van der Waals surface area contributed by atoms with Crippen LogP contribution in [0.4, 0.5) is 4.79 Å². The molecular formula is C27H30N2O5. The Labute approximate surface area is 198 Å². The quantitative estimate of drug-likeness (QED) is 0.521. The summed E-state index contributed by atoms with van der Waals surface area (Å²) in [5.74, 6) is -1.23. The van der Waals surface area contributed by atoms with Gasteiger partial charge in [0.25, 0.3) is 0 Å². The Morgan fingerprint density at radius 3 is 2.12 bits per heavy atom. The molecule has 2 saturated carbocycles. The van der Waals surface area contributed by atoms with Crippen molar-refractivity contribution in [2.45, 2.75) is 56.5 Å². The molecule has 3 aliphatic carbocycles. The molecule has 34 heavy (non-hydrogen) atoms. The van der Waals surface area contributed by atoms with Crippen molar-refractivity contribution in [3.8, 4) is 11.1 Å². The van der Waals surface area contributed by atoms with Crippen LogP contribution < -0.4 is 10.6 Å². The van der Waals surface area contributed by atoms with E-state index in [1.165, 1.54) is 0 Å². The molecule has 3 aliphatic rings. The number of fused-ring (bicyclic) bond motifs is 3. The zero-order valence-corrected chi connectivity index (χ0v) is 19.3. The van der Waals surface area contributed by atoms with Crippen LogP contribution in [0.3, 0.4) is 0 Å². The zero-order valence-electron chi connectivity index (χ0n) is 19.3. The summed E-state index contributed by atoms with van der Waals surface area (Å²) in [6.45, 7) is 2.05. The highest BCUT2D eigenvalue weighted by Crippen LogP contribution is 2.45. The lowest BCUT2D eigenvalue weighted by Gasteiger charge is -2.31. The number of hydrogen-bond acceptors (Lipinski definition) is 4. The van der Waals surface area contributed by atoms with E-state index >= 15 is 0 Å². The third-order valence-corrected chi connectivity index (χ3v) is 7.41. The molecule has 0 aromatic heterocycles. The number of carboxylic acids is 1. The molecule has 0 spiro atoms. The van der Waals surface area contributed by atoms with Gasteiger partial charge >= 0.3 is 12.1 Å². The van der Waals surface area contributed by atoms with Gasteiger partial charge in [-0.15, -0.1) is 0 Å². The summed E-state index contributed by atoms with van der Waals surface area (Å²) in [6, 6.07) is 15.5. The van der Waals surface area contributed by atoms with Crippen molar-refractivity contribution in [2.75, 3.05) is 6.61 Å². The molecule has 0 aliphatic heterocycles. The monoisotopic (exact) mass is 462 g/mol. The molecule has 2 amide bonds. The highest BCUT2D eigenvalue weighted by molar-refractivity contribution is 5.85. The number of carbonyl (C=O) groups is 3. The third kappa shape index (κ3) is 4.52. The Bertz CT molecular complexity index is 1080. The van der Waals surface area contributed by atoms with Gasteiger partial charge in [0, 0.05) is 12.3 Å². The summed E-state index contributed by atoms with van der Waals surface area (Å²) in [6.07, 6.45) is 2.93. The van der Waals surface area contributed by atoms with Crippen LogP contribution in [0, 0.1) is 11.8 Å². The van der Waals surface area contributed by atoms with Crippen molar-refractivity contribution in [3.05, 3.63) is 59.7 Å². The van der Waals surface area contributed by atoms with E-state index in [1.807, 2.05) is 31.2 Å². The summed E-state index contributed by atoms with van der Waals surface area (Å²) < 4.78 is 5.69. The second kappa shape index (κ2) is 8.78. The number of carboxylic acid groups (broad SMARTS) is 1. The average molecular weight is 463 g/mol. The Morgan fingerprint density at radius 2 is 1.59 bits per heavy atom. The van der Waals surface area contributed by atoms with Crippen molar-refractivity contribution < 1.29 is 24.2 Å².